The Bertz CT molecular complexity index is 637. The van der Waals surface area contributed by atoms with Gasteiger partial charge in [0.2, 0.25) is 11.8 Å². The van der Waals surface area contributed by atoms with Gasteiger partial charge in [-0.1, -0.05) is 6.07 Å². The van der Waals surface area contributed by atoms with Gasteiger partial charge in [0.25, 0.3) is 0 Å². The number of rotatable bonds is 5. The van der Waals surface area contributed by atoms with Crippen LogP contribution in [0.4, 0.5) is 0 Å². The summed E-state index contributed by atoms with van der Waals surface area (Å²) in [7, 11) is 0. The zero-order valence-electron chi connectivity index (χ0n) is 13.3. The summed E-state index contributed by atoms with van der Waals surface area (Å²) in [5.74, 6) is -0.873. The zero-order valence-corrected chi connectivity index (χ0v) is 13.3. The number of benzene rings is 1. The van der Waals surface area contributed by atoms with Crippen LogP contribution in [0.5, 0.6) is 0 Å². The Morgan fingerprint density at radius 2 is 1.82 bits per heavy atom. The molecule has 2 rings (SSSR count). The molecule has 22 heavy (non-hydrogen) atoms. The number of ketones is 1. The minimum absolute atomic E-state index is 0.0512. The molecule has 0 spiro atoms. The maximum absolute atomic E-state index is 12.6. The summed E-state index contributed by atoms with van der Waals surface area (Å²) < 4.78 is 0. The standard InChI is InChI=1S/C17H22N2O3/c1-10-7-12(3)13(8-11(10)2)15(20)9-14(17(18)22)19-6-4-5-16(19)21/h7-8,14H,4-6,9H2,1-3H3,(H2,18,22). The zero-order chi connectivity index (χ0) is 16.4. The van der Waals surface area contributed by atoms with E-state index in [0.717, 1.165) is 16.7 Å². The molecule has 5 heteroatoms. The first-order valence-corrected chi connectivity index (χ1v) is 7.51. The van der Waals surface area contributed by atoms with Crippen molar-refractivity contribution in [2.24, 2.45) is 5.73 Å². The molecule has 1 fully saturated rings. The van der Waals surface area contributed by atoms with Crippen LogP contribution in [-0.2, 0) is 9.59 Å². The molecule has 1 aliphatic rings. The van der Waals surface area contributed by atoms with Crippen molar-refractivity contribution in [3.63, 3.8) is 0 Å². The van der Waals surface area contributed by atoms with Gasteiger partial charge in [0.05, 0.1) is 0 Å². The Morgan fingerprint density at radius 1 is 1.18 bits per heavy atom. The molecule has 0 bridgehead atoms. The van der Waals surface area contributed by atoms with Crippen LogP contribution in [0.2, 0.25) is 0 Å². The second-order valence-corrected chi connectivity index (χ2v) is 5.99. The van der Waals surface area contributed by atoms with Crippen LogP contribution in [0.3, 0.4) is 0 Å². The van der Waals surface area contributed by atoms with Crippen LogP contribution in [-0.4, -0.2) is 35.1 Å². The number of Topliss-reactive ketones (excluding diaryl/α,β-unsaturated/α-hetero) is 1. The highest BCUT2D eigenvalue weighted by atomic mass is 16.2. The van der Waals surface area contributed by atoms with Crippen molar-refractivity contribution in [3.8, 4) is 0 Å². The van der Waals surface area contributed by atoms with Gasteiger partial charge in [0, 0.05) is 24.9 Å². The largest absolute Gasteiger partial charge is 0.368 e. The van der Waals surface area contributed by atoms with E-state index in [0.29, 0.717) is 24.9 Å². The van der Waals surface area contributed by atoms with Crippen LogP contribution >= 0.6 is 0 Å². The molecule has 0 saturated carbocycles. The van der Waals surface area contributed by atoms with Crippen molar-refractivity contribution in [1.82, 2.24) is 4.90 Å². The summed E-state index contributed by atoms with van der Waals surface area (Å²) in [6.45, 7) is 6.30. The van der Waals surface area contributed by atoms with E-state index in [2.05, 4.69) is 0 Å². The lowest BCUT2D eigenvalue weighted by molar-refractivity contribution is -0.135. The van der Waals surface area contributed by atoms with Gasteiger partial charge in [0.15, 0.2) is 5.78 Å². The molecular formula is C17H22N2O3. The smallest absolute Gasteiger partial charge is 0.240 e. The van der Waals surface area contributed by atoms with Crippen molar-refractivity contribution in [1.29, 1.82) is 0 Å². The second-order valence-electron chi connectivity index (χ2n) is 5.99. The van der Waals surface area contributed by atoms with Crippen LogP contribution in [0.15, 0.2) is 12.1 Å². The minimum atomic E-state index is -0.844. The first kappa shape index (κ1) is 16.2. The molecule has 0 radical (unpaired) electrons. The molecule has 5 nitrogen and oxygen atoms in total. The maximum Gasteiger partial charge on any atom is 0.240 e. The fraction of sp³-hybridized carbons (Fsp3) is 0.471. The maximum atomic E-state index is 12.6. The molecule has 1 saturated heterocycles. The third kappa shape index (κ3) is 3.18. The van der Waals surface area contributed by atoms with Crippen molar-refractivity contribution in [2.75, 3.05) is 6.54 Å². The summed E-state index contributed by atoms with van der Waals surface area (Å²) in [6, 6.07) is 2.96. The van der Waals surface area contributed by atoms with E-state index < -0.39 is 11.9 Å². The number of carbonyl (C=O) groups excluding carboxylic acids is 3. The average Bonchev–Trinajstić information content (AvgIpc) is 2.85. The summed E-state index contributed by atoms with van der Waals surface area (Å²) in [6.07, 6.45) is 1.07. The summed E-state index contributed by atoms with van der Waals surface area (Å²) in [5.41, 5.74) is 9.04. The first-order valence-electron chi connectivity index (χ1n) is 7.51. The number of hydrogen-bond acceptors (Lipinski definition) is 3. The Hall–Kier alpha value is -2.17. The Balaban J connectivity index is 2.23. The number of amides is 2. The van der Waals surface area contributed by atoms with Crippen LogP contribution in [0.1, 0.15) is 46.3 Å². The monoisotopic (exact) mass is 302 g/mol. The molecule has 1 aromatic rings. The molecule has 0 aromatic heterocycles. The van der Waals surface area contributed by atoms with Gasteiger partial charge in [-0.3, -0.25) is 14.4 Å². The van der Waals surface area contributed by atoms with Gasteiger partial charge < -0.3 is 10.6 Å². The Morgan fingerprint density at radius 3 is 2.36 bits per heavy atom. The lowest BCUT2D eigenvalue weighted by atomic mass is 9.94. The summed E-state index contributed by atoms with van der Waals surface area (Å²) in [5, 5.41) is 0. The van der Waals surface area contributed by atoms with Crippen molar-refractivity contribution >= 4 is 17.6 Å². The van der Waals surface area contributed by atoms with Crippen molar-refractivity contribution < 1.29 is 14.4 Å². The van der Waals surface area contributed by atoms with Crippen LogP contribution in [0, 0.1) is 20.8 Å². The number of nitrogens with zero attached hydrogens (tertiary/aromatic N) is 1. The SMILES string of the molecule is Cc1cc(C)c(C(=O)CC(C(N)=O)N2CCCC2=O)cc1C. The second kappa shape index (κ2) is 6.30. The average molecular weight is 302 g/mol. The third-order valence-corrected chi connectivity index (χ3v) is 4.33. The predicted octanol–water partition coefficient (Wildman–Crippen LogP) is 1.66. The van der Waals surface area contributed by atoms with Crippen LogP contribution < -0.4 is 5.73 Å². The molecule has 1 atom stereocenters. The highest BCUT2D eigenvalue weighted by Gasteiger charge is 2.33. The summed E-state index contributed by atoms with van der Waals surface area (Å²) in [4.78, 5) is 37.5. The number of nitrogens with two attached hydrogens (primary N) is 1. The number of aryl methyl sites for hydroxylation is 3. The van der Waals surface area contributed by atoms with Gasteiger partial charge in [-0.15, -0.1) is 0 Å². The lowest BCUT2D eigenvalue weighted by Crippen LogP contribution is -2.46. The van der Waals surface area contributed by atoms with E-state index in [1.807, 2.05) is 32.9 Å². The van der Waals surface area contributed by atoms with Gasteiger partial charge in [-0.05, 0) is 49.9 Å². The van der Waals surface area contributed by atoms with Crippen molar-refractivity contribution in [3.05, 3.63) is 34.4 Å². The Kier molecular flexibility index (Phi) is 4.64. The van der Waals surface area contributed by atoms with E-state index in [4.69, 9.17) is 5.73 Å². The van der Waals surface area contributed by atoms with E-state index in [9.17, 15) is 14.4 Å². The van der Waals surface area contributed by atoms with Crippen molar-refractivity contribution in [2.45, 2.75) is 46.1 Å². The van der Waals surface area contributed by atoms with E-state index >= 15 is 0 Å². The minimum Gasteiger partial charge on any atom is -0.368 e. The number of likely N-dealkylation sites (tertiary alicyclic amines) is 1. The lowest BCUT2D eigenvalue weighted by Gasteiger charge is -2.24. The van der Waals surface area contributed by atoms with Gasteiger partial charge in [-0.2, -0.15) is 0 Å². The predicted molar refractivity (Wildman–Crippen MR) is 83.5 cm³/mol. The molecule has 118 valence electrons. The molecule has 1 unspecified atom stereocenters. The fourth-order valence-corrected chi connectivity index (χ4v) is 2.91. The number of carbonyl (C=O) groups is 3. The Labute approximate surface area is 130 Å². The molecule has 1 aliphatic heterocycles. The number of primary amides is 1. The normalized spacial score (nSPS) is 16.0. The fourth-order valence-electron chi connectivity index (χ4n) is 2.91. The van der Waals surface area contributed by atoms with Gasteiger partial charge >= 0.3 is 0 Å². The molecule has 2 amide bonds. The van der Waals surface area contributed by atoms with Gasteiger partial charge in [-0.25, -0.2) is 0 Å². The van der Waals surface area contributed by atoms with E-state index in [1.165, 1.54) is 4.90 Å². The first-order chi connectivity index (χ1) is 10.3. The molecule has 1 heterocycles. The molecule has 2 N–H and O–H groups in total. The van der Waals surface area contributed by atoms with Crippen LogP contribution in [0.25, 0.3) is 0 Å². The highest BCUT2D eigenvalue weighted by Crippen LogP contribution is 2.21. The van der Waals surface area contributed by atoms with E-state index in [-0.39, 0.29) is 18.1 Å². The highest BCUT2D eigenvalue weighted by molar-refractivity contribution is 6.01. The van der Waals surface area contributed by atoms with Gasteiger partial charge in [0.1, 0.15) is 6.04 Å². The molecule has 0 aliphatic carbocycles. The quantitative estimate of drug-likeness (QED) is 0.840. The topological polar surface area (TPSA) is 80.5 Å². The number of hydrogen-bond donors (Lipinski definition) is 1. The third-order valence-electron chi connectivity index (χ3n) is 4.33. The summed E-state index contributed by atoms with van der Waals surface area (Å²) >= 11 is 0. The van der Waals surface area contributed by atoms with E-state index in [1.54, 1.807) is 0 Å². The molecule has 1 aromatic carbocycles. The molecular weight excluding hydrogens is 280 g/mol.